The van der Waals surface area contributed by atoms with Crippen LogP contribution in [0.15, 0.2) is 18.2 Å². The molecule has 0 aliphatic rings. The van der Waals surface area contributed by atoms with Crippen molar-refractivity contribution < 1.29 is 22.4 Å². The van der Waals surface area contributed by atoms with Crippen molar-refractivity contribution in [2.75, 3.05) is 20.1 Å². The molecule has 0 spiro atoms. The van der Waals surface area contributed by atoms with Crippen LogP contribution in [0.4, 0.5) is 17.6 Å². The van der Waals surface area contributed by atoms with Gasteiger partial charge in [-0.05, 0) is 38.2 Å². The van der Waals surface area contributed by atoms with Crippen LogP contribution in [0.2, 0.25) is 0 Å². The summed E-state index contributed by atoms with van der Waals surface area (Å²) in [6.45, 7) is 0.967. The van der Waals surface area contributed by atoms with Gasteiger partial charge in [-0.1, -0.05) is 0 Å². The molecule has 0 heterocycles. The molecule has 0 saturated carbocycles. The Balaban J connectivity index is 2.77. The fourth-order valence-corrected chi connectivity index (χ4v) is 1.45. The van der Waals surface area contributed by atoms with Crippen LogP contribution in [-0.4, -0.2) is 26.0 Å². The lowest BCUT2D eigenvalue weighted by molar-refractivity contribution is -0.137. The molecule has 1 rings (SSSR count). The number of alkyl halides is 3. The van der Waals surface area contributed by atoms with E-state index in [0.717, 1.165) is 6.07 Å². The van der Waals surface area contributed by atoms with Crippen molar-refractivity contribution in [2.45, 2.75) is 12.6 Å². The molecule has 2 N–H and O–H groups in total. The smallest absolute Gasteiger partial charge is 0.352 e. The molecule has 0 fully saturated rings. The monoisotopic (exact) mass is 278 g/mol. The van der Waals surface area contributed by atoms with Crippen molar-refractivity contribution in [3.05, 3.63) is 35.1 Å². The largest absolute Gasteiger partial charge is 0.416 e. The number of halogens is 4. The maximum atomic E-state index is 13.1. The highest BCUT2D eigenvalue weighted by Gasteiger charge is 2.31. The average molecular weight is 278 g/mol. The number of rotatable bonds is 5. The SMILES string of the molecule is CNCCCNC(=O)c1cc(F)cc(C(F)(F)F)c1. The normalized spacial score (nSPS) is 11.4. The number of hydrogen-bond acceptors (Lipinski definition) is 2. The zero-order valence-corrected chi connectivity index (χ0v) is 10.3. The summed E-state index contributed by atoms with van der Waals surface area (Å²) in [7, 11) is 1.74. The minimum atomic E-state index is -4.68. The van der Waals surface area contributed by atoms with Gasteiger partial charge in [0, 0.05) is 12.1 Å². The van der Waals surface area contributed by atoms with E-state index < -0.39 is 23.5 Å². The first-order valence-electron chi connectivity index (χ1n) is 5.65. The first-order valence-corrected chi connectivity index (χ1v) is 5.65. The minimum absolute atomic E-state index is 0.303. The molecule has 0 aromatic heterocycles. The lowest BCUT2D eigenvalue weighted by atomic mass is 10.1. The van der Waals surface area contributed by atoms with Gasteiger partial charge in [0.2, 0.25) is 0 Å². The van der Waals surface area contributed by atoms with E-state index in [1.165, 1.54) is 0 Å². The third-order valence-electron chi connectivity index (χ3n) is 2.38. The summed E-state index contributed by atoms with van der Waals surface area (Å²) in [5.41, 5.74) is -1.51. The van der Waals surface area contributed by atoms with E-state index in [-0.39, 0.29) is 5.56 Å². The minimum Gasteiger partial charge on any atom is -0.352 e. The van der Waals surface area contributed by atoms with E-state index in [9.17, 15) is 22.4 Å². The van der Waals surface area contributed by atoms with Crippen LogP contribution in [0.3, 0.4) is 0 Å². The van der Waals surface area contributed by atoms with Gasteiger partial charge in [0.25, 0.3) is 5.91 Å². The molecular weight excluding hydrogens is 264 g/mol. The number of amides is 1. The highest BCUT2D eigenvalue weighted by atomic mass is 19.4. The zero-order valence-electron chi connectivity index (χ0n) is 10.3. The summed E-state index contributed by atoms with van der Waals surface area (Å²) in [6, 6.07) is 1.77. The van der Waals surface area contributed by atoms with E-state index in [1.807, 2.05) is 0 Å². The maximum Gasteiger partial charge on any atom is 0.416 e. The Morgan fingerprint density at radius 1 is 1.21 bits per heavy atom. The third-order valence-corrected chi connectivity index (χ3v) is 2.38. The van der Waals surface area contributed by atoms with Gasteiger partial charge in [0.1, 0.15) is 5.82 Å². The number of carbonyl (C=O) groups excluding carboxylic acids is 1. The van der Waals surface area contributed by atoms with Crippen LogP contribution < -0.4 is 10.6 Å². The van der Waals surface area contributed by atoms with Crippen molar-refractivity contribution in [3.8, 4) is 0 Å². The van der Waals surface area contributed by atoms with Gasteiger partial charge in [-0.25, -0.2) is 4.39 Å². The molecule has 0 aliphatic heterocycles. The first kappa shape index (κ1) is 15.4. The molecule has 0 radical (unpaired) electrons. The van der Waals surface area contributed by atoms with Gasteiger partial charge in [0.05, 0.1) is 5.56 Å². The molecular formula is C12H14F4N2O. The number of hydrogen-bond donors (Lipinski definition) is 2. The van der Waals surface area contributed by atoms with Crippen LogP contribution in [0.1, 0.15) is 22.3 Å². The van der Waals surface area contributed by atoms with Gasteiger partial charge < -0.3 is 10.6 Å². The number of carbonyl (C=O) groups is 1. The molecule has 19 heavy (non-hydrogen) atoms. The van der Waals surface area contributed by atoms with Gasteiger partial charge in [-0.2, -0.15) is 13.2 Å². The highest BCUT2D eigenvalue weighted by Crippen LogP contribution is 2.30. The van der Waals surface area contributed by atoms with Crippen molar-refractivity contribution >= 4 is 5.91 Å². The second-order valence-electron chi connectivity index (χ2n) is 3.94. The second kappa shape index (κ2) is 6.51. The van der Waals surface area contributed by atoms with E-state index in [4.69, 9.17) is 0 Å². The molecule has 3 nitrogen and oxygen atoms in total. The first-order chi connectivity index (χ1) is 8.84. The fraction of sp³-hybridized carbons (Fsp3) is 0.417. The number of nitrogens with one attached hydrogen (secondary N) is 2. The van der Waals surface area contributed by atoms with Gasteiger partial charge in [-0.3, -0.25) is 4.79 Å². The quantitative estimate of drug-likeness (QED) is 0.640. The number of benzene rings is 1. The van der Waals surface area contributed by atoms with E-state index in [2.05, 4.69) is 10.6 Å². The maximum absolute atomic E-state index is 13.1. The lowest BCUT2D eigenvalue weighted by Gasteiger charge is -2.10. The molecule has 0 atom stereocenters. The van der Waals surface area contributed by atoms with Crippen LogP contribution in [0.5, 0.6) is 0 Å². The fourth-order valence-electron chi connectivity index (χ4n) is 1.45. The van der Waals surface area contributed by atoms with Gasteiger partial charge in [0.15, 0.2) is 0 Å². The Morgan fingerprint density at radius 2 is 1.89 bits per heavy atom. The Bertz CT molecular complexity index is 446. The predicted molar refractivity (Wildman–Crippen MR) is 62.3 cm³/mol. The Morgan fingerprint density at radius 3 is 2.47 bits per heavy atom. The summed E-state index contributed by atoms with van der Waals surface area (Å²) < 4.78 is 50.4. The molecule has 7 heteroatoms. The van der Waals surface area contributed by atoms with Crippen molar-refractivity contribution in [3.63, 3.8) is 0 Å². The lowest BCUT2D eigenvalue weighted by Crippen LogP contribution is -2.27. The summed E-state index contributed by atoms with van der Waals surface area (Å²) in [4.78, 5) is 11.6. The highest BCUT2D eigenvalue weighted by molar-refractivity contribution is 5.94. The van der Waals surface area contributed by atoms with E-state index in [0.29, 0.717) is 31.6 Å². The van der Waals surface area contributed by atoms with Crippen molar-refractivity contribution in [1.29, 1.82) is 0 Å². The second-order valence-corrected chi connectivity index (χ2v) is 3.94. The summed E-state index contributed by atoms with van der Waals surface area (Å²) in [5, 5.41) is 5.29. The molecule has 106 valence electrons. The van der Waals surface area contributed by atoms with Gasteiger partial charge in [-0.15, -0.1) is 0 Å². The molecule has 0 aliphatic carbocycles. The van der Waals surface area contributed by atoms with E-state index >= 15 is 0 Å². The molecule has 1 aromatic carbocycles. The van der Waals surface area contributed by atoms with Crippen LogP contribution in [0, 0.1) is 5.82 Å². The molecule has 0 saturated heterocycles. The average Bonchev–Trinajstić information content (AvgIpc) is 2.32. The predicted octanol–water partition coefficient (Wildman–Crippen LogP) is 2.18. The van der Waals surface area contributed by atoms with Crippen LogP contribution >= 0.6 is 0 Å². The summed E-state index contributed by atoms with van der Waals surface area (Å²) in [6.07, 6.45) is -4.05. The van der Waals surface area contributed by atoms with E-state index in [1.54, 1.807) is 7.05 Å². The molecule has 1 amide bonds. The Labute approximate surface area is 108 Å². The van der Waals surface area contributed by atoms with Crippen molar-refractivity contribution in [2.24, 2.45) is 0 Å². The molecule has 0 bridgehead atoms. The third kappa shape index (κ3) is 4.86. The standard InChI is InChI=1S/C12H14F4N2O/c1-17-3-2-4-18-11(19)8-5-9(12(14,15)16)7-10(13)6-8/h5-7,17H,2-4H2,1H3,(H,18,19). The zero-order chi connectivity index (χ0) is 14.5. The molecule has 1 aromatic rings. The van der Waals surface area contributed by atoms with Crippen LogP contribution in [0.25, 0.3) is 0 Å². The van der Waals surface area contributed by atoms with Gasteiger partial charge >= 0.3 is 6.18 Å². The molecule has 0 unspecified atom stereocenters. The summed E-state index contributed by atoms with van der Waals surface area (Å²) in [5.74, 6) is -1.81. The topological polar surface area (TPSA) is 41.1 Å². The van der Waals surface area contributed by atoms with Crippen molar-refractivity contribution in [1.82, 2.24) is 10.6 Å². The summed E-state index contributed by atoms with van der Waals surface area (Å²) >= 11 is 0. The van der Waals surface area contributed by atoms with Crippen LogP contribution in [-0.2, 0) is 6.18 Å². The Hall–Kier alpha value is -1.63. The Kier molecular flexibility index (Phi) is 5.29.